The van der Waals surface area contributed by atoms with E-state index in [2.05, 4.69) is 5.32 Å². The van der Waals surface area contributed by atoms with Crippen molar-refractivity contribution in [3.05, 3.63) is 100 Å². The number of nitrogens with one attached hydrogen (secondary N) is 1. The number of ether oxygens (including phenoxy) is 1. The van der Waals surface area contributed by atoms with Gasteiger partial charge in [0, 0.05) is 5.02 Å². The maximum Gasteiger partial charge on any atom is 0.335 e. The Morgan fingerprint density at radius 2 is 1.59 bits per heavy atom. The number of urea groups is 1. The second-order valence-corrected chi connectivity index (χ2v) is 7.73. The molecule has 0 aromatic heterocycles. The maximum atomic E-state index is 13.0. The van der Waals surface area contributed by atoms with Gasteiger partial charge in [0.2, 0.25) is 0 Å². The number of hydrogen-bond acceptors (Lipinski definition) is 5. The van der Waals surface area contributed by atoms with Gasteiger partial charge in [0.25, 0.3) is 11.8 Å². The van der Waals surface area contributed by atoms with Gasteiger partial charge in [-0.25, -0.2) is 14.5 Å². The molecule has 0 atom stereocenters. The molecule has 1 aliphatic rings. The molecule has 0 saturated carbocycles. The Morgan fingerprint density at radius 1 is 0.941 bits per heavy atom. The second kappa shape index (κ2) is 9.60. The highest BCUT2D eigenvalue weighted by Gasteiger charge is 2.36. The molecular weight excluding hydrogens is 460 g/mol. The lowest BCUT2D eigenvalue weighted by Gasteiger charge is -2.26. The lowest BCUT2D eigenvalue weighted by molar-refractivity contribution is -0.122. The van der Waals surface area contributed by atoms with Crippen LogP contribution < -0.4 is 15.0 Å². The third kappa shape index (κ3) is 4.97. The van der Waals surface area contributed by atoms with Crippen LogP contribution in [0.3, 0.4) is 0 Å². The number of hydrogen-bond donors (Lipinski definition) is 2. The minimum absolute atomic E-state index is 0.0664. The molecule has 4 rings (SSSR count). The summed E-state index contributed by atoms with van der Waals surface area (Å²) in [6.07, 6.45) is 1.30. The highest BCUT2D eigenvalue weighted by atomic mass is 35.5. The first kappa shape index (κ1) is 22.8. The van der Waals surface area contributed by atoms with Crippen LogP contribution in [-0.2, 0) is 16.2 Å². The van der Waals surface area contributed by atoms with Crippen molar-refractivity contribution in [1.82, 2.24) is 5.32 Å². The summed E-state index contributed by atoms with van der Waals surface area (Å²) in [5, 5.41) is 11.8. The van der Waals surface area contributed by atoms with Crippen molar-refractivity contribution in [3.8, 4) is 5.75 Å². The van der Waals surface area contributed by atoms with Crippen LogP contribution in [0, 0.1) is 0 Å². The summed E-state index contributed by atoms with van der Waals surface area (Å²) in [5.41, 5.74) is 1.41. The standard InChI is InChI=1S/C25H17ClN2O6/c26-18-7-3-16(4-8-18)14-34-20-11-9-19(10-12-20)28-23(30)21(22(29)27-25(28)33)13-15-1-5-17(6-2-15)24(31)32/h1-13H,14H2,(H,31,32)(H,27,29,33)/b21-13+. The third-order valence-electron chi connectivity index (χ3n) is 4.98. The van der Waals surface area contributed by atoms with Gasteiger partial charge in [-0.05, 0) is 65.7 Å². The van der Waals surface area contributed by atoms with E-state index in [9.17, 15) is 19.2 Å². The molecule has 9 heteroatoms. The van der Waals surface area contributed by atoms with Crippen LogP contribution in [0.15, 0.2) is 78.4 Å². The molecule has 0 spiro atoms. The van der Waals surface area contributed by atoms with Crippen molar-refractivity contribution in [1.29, 1.82) is 0 Å². The molecule has 1 fully saturated rings. The third-order valence-corrected chi connectivity index (χ3v) is 5.24. The Morgan fingerprint density at radius 3 is 2.21 bits per heavy atom. The summed E-state index contributed by atoms with van der Waals surface area (Å²) < 4.78 is 5.72. The Hall–Kier alpha value is -4.43. The van der Waals surface area contributed by atoms with Crippen LogP contribution in [0.25, 0.3) is 6.08 Å². The normalized spacial score (nSPS) is 14.8. The number of carbonyl (C=O) groups excluding carboxylic acids is 3. The number of amides is 4. The Balaban J connectivity index is 1.51. The van der Waals surface area contributed by atoms with Crippen LogP contribution in [0.2, 0.25) is 5.02 Å². The number of carboxylic acids is 1. The van der Waals surface area contributed by atoms with E-state index < -0.39 is 23.8 Å². The van der Waals surface area contributed by atoms with Gasteiger partial charge in [-0.2, -0.15) is 0 Å². The number of aromatic carboxylic acids is 1. The molecule has 1 saturated heterocycles. The molecule has 3 aromatic carbocycles. The minimum Gasteiger partial charge on any atom is -0.489 e. The number of nitrogens with zero attached hydrogens (tertiary/aromatic N) is 1. The fourth-order valence-corrected chi connectivity index (χ4v) is 3.35. The zero-order chi connectivity index (χ0) is 24.2. The van der Waals surface area contributed by atoms with Gasteiger partial charge in [-0.1, -0.05) is 35.9 Å². The topological polar surface area (TPSA) is 113 Å². The van der Waals surface area contributed by atoms with Gasteiger partial charge in [0.1, 0.15) is 17.9 Å². The molecule has 0 radical (unpaired) electrons. The fraction of sp³-hybridized carbons (Fsp3) is 0.0400. The number of anilines is 1. The van der Waals surface area contributed by atoms with E-state index in [1.807, 2.05) is 12.1 Å². The molecule has 3 aromatic rings. The van der Waals surface area contributed by atoms with Gasteiger partial charge in [0.05, 0.1) is 11.3 Å². The van der Waals surface area contributed by atoms with Gasteiger partial charge < -0.3 is 9.84 Å². The van der Waals surface area contributed by atoms with Crippen LogP contribution in [-0.4, -0.2) is 28.9 Å². The first-order valence-corrected chi connectivity index (χ1v) is 10.4. The maximum absolute atomic E-state index is 13.0. The summed E-state index contributed by atoms with van der Waals surface area (Å²) in [6, 6.07) is 18.2. The molecule has 8 nitrogen and oxygen atoms in total. The van der Waals surface area contributed by atoms with Gasteiger partial charge in [-0.3, -0.25) is 14.9 Å². The summed E-state index contributed by atoms with van der Waals surface area (Å²) in [4.78, 5) is 49.5. The number of carboxylic acid groups (broad SMARTS) is 1. The van der Waals surface area contributed by atoms with E-state index in [0.29, 0.717) is 22.9 Å². The van der Waals surface area contributed by atoms with Crippen LogP contribution in [0.1, 0.15) is 21.5 Å². The number of rotatable bonds is 6. The highest BCUT2D eigenvalue weighted by Crippen LogP contribution is 2.25. The first-order chi connectivity index (χ1) is 16.3. The molecule has 1 aliphatic heterocycles. The zero-order valence-corrected chi connectivity index (χ0v) is 18.3. The first-order valence-electron chi connectivity index (χ1n) is 10.0. The Bertz CT molecular complexity index is 1300. The van der Waals surface area contributed by atoms with E-state index in [1.54, 1.807) is 24.3 Å². The van der Waals surface area contributed by atoms with Gasteiger partial charge in [-0.15, -0.1) is 0 Å². The Kier molecular flexibility index (Phi) is 6.42. The van der Waals surface area contributed by atoms with E-state index in [4.69, 9.17) is 21.4 Å². The molecule has 1 heterocycles. The predicted molar refractivity (Wildman–Crippen MR) is 125 cm³/mol. The molecule has 4 amide bonds. The summed E-state index contributed by atoms with van der Waals surface area (Å²) in [7, 11) is 0. The SMILES string of the molecule is O=C1NC(=O)N(c2ccc(OCc3ccc(Cl)cc3)cc2)C(=O)/C1=C/c1ccc(C(=O)O)cc1. The molecule has 34 heavy (non-hydrogen) atoms. The van der Waals surface area contributed by atoms with Gasteiger partial charge >= 0.3 is 12.0 Å². The monoisotopic (exact) mass is 476 g/mol. The van der Waals surface area contributed by atoms with Crippen LogP contribution in [0.5, 0.6) is 5.75 Å². The molecular formula is C25H17ClN2O6. The highest BCUT2D eigenvalue weighted by molar-refractivity contribution is 6.39. The quantitative estimate of drug-likeness (QED) is 0.405. The average Bonchev–Trinajstić information content (AvgIpc) is 2.82. The Labute approximate surface area is 199 Å². The number of barbiturate groups is 1. The molecule has 0 bridgehead atoms. The van der Waals surface area contributed by atoms with Crippen molar-refractivity contribution in [2.45, 2.75) is 6.61 Å². The van der Waals surface area contributed by atoms with Crippen molar-refractivity contribution in [2.75, 3.05) is 4.90 Å². The number of carbonyl (C=O) groups is 4. The van der Waals surface area contributed by atoms with E-state index >= 15 is 0 Å². The van der Waals surface area contributed by atoms with Crippen molar-refractivity contribution in [2.24, 2.45) is 0 Å². The smallest absolute Gasteiger partial charge is 0.335 e. The van der Waals surface area contributed by atoms with Gasteiger partial charge in [0.15, 0.2) is 0 Å². The number of imide groups is 2. The van der Waals surface area contributed by atoms with Crippen molar-refractivity contribution in [3.63, 3.8) is 0 Å². The van der Waals surface area contributed by atoms with Crippen molar-refractivity contribution < 1.29 is 29.0 Å². The summed E-state index contributed by atoms with van der Waals surface area (Å²) in [6.45, 7) is 0.307. The second-order valence-electron chi connectivity index (χ2n) is 7.29. The lowest BCUT2D eigenvalue weighted by atomic mass is 10.1. The van der Waals surface area contributed by atoms with Crippen LogP contribution >= 0.6 is 11.6 Å². The van der Waals surface area contributed by atoms with E-state index in [-0.39, 0.29) is 16.8 Å². The van der Waals surface area contributed by atoms with E-state index in [1.165, 1.54) is 42.5 Å². The predicted octanol–water partition coefficient (Wildman–Crippen LogP) is 4.28. The average molecular weight is 477 g/mol. The fourth-order valence-electron chi connectivity index (χ4n) is 3.22. The molecule has 2 N–H and O–H groups in total. The largest absolute Gasteiger partial charge is 0.489 e. The molecule has 0 unspecified atom stereocenters. The van der Waals surface area contributed by atoms with Crippen molar-refractivity contribution >= 4 is 47.2 Å². The lowest BCUT2D eigenvalue weighted by Crippen LogP contribution is -2.54. The summed E-state index contributed by atoms with van der Waals surface area (Å²) in [5.74, 6) is -2.21. The number of benzene rings is 3. The zero-order valence-electron chi connectivity index (χ0n) is 17.5. The molecule has 0 aliphatic carbocycles. The van der Waals surface area contributed by atoms with E-state index in [0.717, 1.165) is 10.5 Å². The summed E-state index contributed by atoms with van der Waals surface area (Å²) >= 11 is 5.87. The van der Waals surface area contributed by atoms with Crippen LogP contribution in [0.4, 0.5) is 10.5 Å². The minimum atomic E-state index is -1.09. The number of halogens is 1. The molecule has 170 valence electrons.